The predicted octanol–water partition coefficient (Wildman–Crippen LogP) is 0.0943. The Hall–Kier alpha value is -1.56. The Morgan fingerprint density at radius 2 is 2.17 bits per heavy atom. The molecule has 2 rings (SSSR count). The molecule has 0 spiro atoms. The van der Waals surface area contributed by atoms with Crippen LogP contribution in [0.2, 0.25) is 5.02 Å². The summed E-state index contributed by atoms with van der Waals surface area (Å²) in [4.78, 5) is 24.4. The maximum Gasteiger partial charge on any atom is 0.242 e. The first kappa shape index (κ1) is 12.9. The molecule has 1 aromatic rings. The lowest BCUT2D eigenvalue weighted by molar-refractivity contribution is -0.141. The quantitative estimate of drug-likeness (QED) is 0.847. The van der Waals surface area contributed by atoms with Gasteiger partial charge in [-0.2, -0.15) is 5.10 Å². The lowest BCUT2D eigenvalue weighted by Crippen LogP contribution is -2.51. The van der Waals surface area contributed by atoms with Gasteiger partial charge in [0.2, 0.25) is 11.8 Å². The van der Waals surface area contributed by atoms with Crippen molar-refractivity contribution < 1.29 is 9.59 Å². The number of piperazine rings is 1. The van der Waals surface area contributed by atoms with E-state index in [0.717, 1.165) is 17.8 Å². The second-order valence-corrected chi connectivity index (χ2v) is 4.59. The molecule has 1 aliphatic rings. The highest BCUT2D eigenvalue weighted by atomic mass is 35.5. The van der Waals surface area contributed by atoms with E-state index in [2.05, 4.69) is 10.4 Å². The van der Waals surface area contributed by atoms with Crippen molar-refractivity contribution in [2.75, 3.05) is 13.1 Å². The molecule has 0 aromatic carbocycles. The highest BCUT2D eigenvalue weighted by Crippen LogP contribution is 2.22. The number of carbonyl (C=O) groups is 2. The van der Waals surface area contributed by atoms with Crippen molar-refractivity contribution in [3.63, 3.8) is 0 Å². The number of nitrogens with zero attached hydrogens (tertiary/aromatic N) is 3. The number of amides is 2. The third-order valence-corrected chi connectivity index (χ3v) is 3.40. The highest BCUT2D eigenvalue weighted by molar-refractivity contribution is 6.31. The molecule has 0 atom stereocenters. The van der Waals surface area contributed by atoms with Crippen LogP contribution in [0, 0.1) is 0 Å². The van der Waals surface area contributed by atoms with Crippen LogP contribution in [0.25, 0.3) is 0 Å². The second kappa shape index (κ2) is 4.97. The van der Waals surface area contributed by atoms with Gasteiger partial charge in [-0.25, -0.2) is 0 Å². The van der Waals surface area contributed by atoms with E-state index in [0.29, 0.717) is 11.6 Å². The number of hydrogen-bond donors (Lipinski definition) is 1. The van der Waals surface area contributed by atoms with Gasteiger partial charge in [0.05, 0.1) is 36.0 Å². The summed E-state index contributed by atoms with van der Waals surface area (Å²) >= 11 is 6.21. The zero-order valence-electron chi connectivity index (χ0n) is 10.4. The van der Waals surface area contributed by atoms with E-state index in [4.69, 9.17) is 11.6 Å². The Kier molecular flexibility index (Phi) is 3.56. The first-order valence-electron chi connectivity index (χ1n) is 5.77. The summed E-state index contributed by atoms with van der Waals surface area (Å²) in [5.41, 5.74) is 1.57. The monoisotopic (exact) mass is 270 g/mol. The van der Waals surface area contributed by atoms with Crippen molar-refractivity contribution in [2.24, 2.45) is 7.05 Å². The number of aryl methyl sites for hydroxylation is 2. The molecule has 0 saturated carbocycles. The molecular weight excluding hydrogens is 256 g/mol. The number of halogens is 1. The van der Waals surface area contributed by atoms with E-state index in [1.165, 1.54) is 4.90 Å². The van der Waals surface area contributed by atoms with Gasteiger partial charge in [0, 0.05) is 7.05 Å². The minimum absolute atomic E-state index is 0.0505. The third kappa shape index (κ3) is 2.33. The summed E-state index contributed by atoms with van der Waals surface area (Å²) in [7, 11) is 1.79. The van der Waals surface area contributed by atoms with Crippen LogP contribution in [-0.2, 0) is 29.6 Å². The number of nitrogens with one attached hydrogen (secondary N) is 1. The molecule has 0 aliphatic carbocycles. The topological polar surface area (TPSA) is 67.2 Å². The van der Waals surface area contributed by atoms with Gasteiger partial charge in [-0.3, -0.25) is 14.3 Å². The van der Waals surface area contributed by atoms with Crippen LogP contribution in [0.3, 0.4) is 0 Å². The van der Waals surface area contributed by atoms with Crippen LogP contribution in [-0.4, -0.2) is 39.6 Å². The summed E-state index contributed by atoms with van der Waals surface area (Å²) in [6, 6.07) is 0. The number of hydrogen-bond acceptors (Lipinski definition) is 3. The minimum Gasteiger partial charge on any atom is -0.345 e. The molecule has 1 N–H and O–H groups in total. The van der Waals surface area contributed by atoms with Crippen LogP contribution in [0.5, 0.6) is 0 Å². The van der Waals surface area contributed by atoms with E-state index in [-0.39, 0.29) is 24.9 Å². The van der Waals surface area contributed by atoms with Gasteiger partial charge in [0.1, 0.15) is 0 Å². The fraction of sp³-hybridized carbons (Fsp3) is 0.545. The molecular formula is C11H15ClN4O2. The number of carbonyl (C=O) groups excluding carboxylic acids is 2. The third-order valence-electron chi connectivity index (χ3n) is 2.97. The standard InChI is InChI=1S/C11H15ClN4O2/c1-3-7-11(12)8(15(2)14-7)5-16-6-9(17)13-4-10(16)18/h3-6H2,1-2H3,(H,13,17). The van der Waals surface area contributed by atoms with Crippen molar-refractivity contribution in [1.29, 1.82) is 0 Å². The minimum atomic E-state index is -0.149. The molecule has 2 heterocycles. The molecule has 0 unspecified atom stereocenters. The van der Waals surface area contributed by atoms with Crippen molar-refractivity contribution in [3.8, 4) is 0 Å². The summed E-state index contributed by atoms with van der Waals surface area (Å²) in [6.07, 6.45) is 0.737. The van der Waals surface area contributed by atoms with Crippen molar-refractivity contribution in [1.82, 2.24) is 20.0 Å². The van der Waals surface area contributed by atoms with E-state index in [1.807, 2.05) is 6.92 Å². The van der Waals surface area contributed by atoms with E-state index < -0.39 is 0 Å². The van der Waals surface area contributed by atoms with Gasteiger partial charge in [0.25, 0.3) is 0 Å². The summed E-state index contributed by atoms with van der Waals surface area (Å²) < 4.78 is 1.67. The summed E-state index contributed by atoms with van der Waals surface area (Å²) in [5.74, 6) is -0.256. The zero-order chi connectivity index (χ0) is 13.3. The number of rotatable bonds is 3. The average Bonchev–Trinajstić information content (AvgIpc) is 2.61. The molecule has 98 valence electrons. The molecule has 18 heavy (non-hydrogen) atoms. The Bertz CT molecular complexity index is 497. The van der Waals surface area contributed by atoms with Crippen LogP contribution < -0.4 is 5.32 Å². The molecule has 2 amide bonds. The fourth-order valence-corrected chi connectivity index (χ4v) is 2.27. The van der Waals surface area contributed by atoms with Crippen molar-refractivity contribution >= 4 is 23.4 Å². The Balaban J connectivity index is 2.20. The Morgan fingerprint density at radius 3 is 2.78 bits per heavy atom. The second-order valence-electron chi connectivity index (χ2n) is 4.21. The summed E-state index contributed by atoms with van der Waals surface area (Å²) in [5, 5.41) is 7.37. The van der Waals surface area contributed by atoms with Gasteiger partial charge in [-0.1, -0.05) is 18.5 Å². The maximum atomic E-state index is 11.7. The van der Waals surface area contributed by atoms with Gasteiger partial charge in [-0.15, -0.1) is 0 Å². The Morgan fingerprint density at radius 1 is 1.44 bits per heavy atom. The lowest BCUT2D eigenvalue weighted by Gasteiger charge is -2.26. The van der Waals surface area contributed by atoms with Crippen molar-refractivity contribution in [3.05, 3.63) is 16.4 Å². The normalized spacial score (nSPS) is 16.1. The molecule has 1 aliphatic heterocycles. The predicted molar refractivity (Wildman–Crippen MR) is 66.0 cm³/mol. The molecule has 1 saturated heterocycles. The summed E-state index contributed by atoms with van der Waals surface area (Å²) in [6.45, 7) is 2.41. The van der Waals surface area contributed by atoms with Crippen LogP contribution in [0.15, 0.2) is 0 Å². The Labute approximate surface area is 110 Å². The van der Waals surface area contributed by atoms with Crippen LogP contribution in [0.1, 0.15) is 18.3 Å². The number of aromatic nitrogens is 2. The van der Waals surface area contributed by atoms with E-state index >= 15 is 0 Å². The fourth-order valence-electron chi connectivity index (χ4n) is 1.92. The van der Waals surface area contributed by atoms with E-state index in [1.54, 1.807) is 11.7 Å². The van der Waals surface area contributed by atoms with Crippen LogP contribution >= 0.6 is 11.6 Å². The molecule has 0 bridgehead atoms. The first-order valence-corrected chi connectivity index (χ1v) is 6.15. The van der Waals surface area contributed by atoms with E-state index in [9.17, 15) is 9.59 Å². The average molecular weight is 271 g/mol. The van der Waals surface area contributed by atoms with Crippen LogP contribution in [0.4, 0.5) is 0 Å². The maximum absolute atomic E-state index is 11.7. The largest absolute Gasteiger partial charge is 0.345 e. The molecule has 6 nitrogen and oxygen atoms in total. The van der Waals surface area contributed by atoms with Gasteiger partial charge >= 0.3 is 0 Å². The van der Waals surface area contributed by atoms with Gasteiger partial charge in [0.15, 0.2) is 0 Å². The van der Waals surface area contributed by atoms with Crippen molar-refractivity contribution in [2.45, 2.75) is 19.9 Å². The van der Waals surface area contributed by atoms with Gasteiger partial charge in [-0.05, 0) is 6.42 Å². The molecule has 1 fully saturated rings. The molecule has 1 aromatic heterocycles. The smallest absolute Gasteiger partial charge is 0.242 e. The SMILES string of the molecule is CCc1nn(C)c(CN2CC(=O)NCC2=O)c1Cl. The zero-order valence-corrected chi connectivity index (χ0v) is 11.1. The highest BCUT2D eigenvalue weighted by Gasteiger charge is 2.25. The first-order chi connectivity index (χ1) is 8.52. The molecule has 7 heteroatoms. The lowest BCUT2D eigenvalue weighted by atomic mass is 10.2. The van der Waals surface area contributed by atoms with Gasteiger partial charge < -0.3 is 10.2 Å². The molecule has 0 radical (unpaired) electrons.